The van der Waals surface area contributed by atoms with Crippen LogP contribution in [0.25, 0.3) is 0 Å². The Morgan fingerprint density at radius 2 is 1.50 bits per heavy atom. The van der Waals surface area contributed by atoms with E-state index in [1.165, 1.54) is 23.9 Å². The van der Waals surface area contributed by atoms with E-state index < -0.39 is 11.7 Å². The van der Waals surface area contributed by atoms with Gasteiger partial charge in [-0.15, -0.1) is 10.2 Å². The Labute approximate surface area is 162 Å². The molecule has 3 aromatic rings. The molecule has 0 spiro atoms. The summed E-state index contributed by atoms with van der Waals surface area (Å²) in [7, 11) is 0. The predicted octanol–water partition coefficient (Wildman–Crippen LogP) is 3.19. The van der Waals surface area contributed by atoms with Crippen LogP contribution in [-0.4, -0.2) is 42.3 Å². The van der Waals surface area contributed by atoms with Crippen molar-refractivity contribution in [3.8, 4) is 0 Å². The third-order valence-corrected chi connectivity index (χ3v) is 4.74. The molecule has 0 unspecified atom stereocenters. The predicted molar refractivity (Wildman–Crippen MR) is 107 cm³/mol. The highest BCUT2D eigenvalue weighted by atomic mass is 19.1. The zero-order valence-electron chi connectivity index (χ0n) is 15.3. The highest BCUT2D eigenvalue weighted by Gasteiger charge is 2.19. The van der Waals surface area contributed by atoms with E-state index in [9.17, 15) is 9.18 Å². The number of piperazine rings is 1. The van der Waals surface area contributed by atoms with Crippen molar-refractivity contribution in [2.75, 3.05) is 41.3 Å². The van der Waals surface area contributed by atoms with Gasteiger partial charge in [-0.05, 0) is 36.4 Å². The summed E-state index contributed by atoms with van der Waals surface area (Å²) in [5.41, 5.74) is 1.20. The lowest BCUT2D eigenvalue weighted by molar-refractivity contribution is 0.102. The number of hydrogen-bond donors (Lipinski definition) is 1. The molecule has 0 aliphatic carbocycles. The molecule has 0 bridgehead atoms. The summed E-state index contributed by atoms with van der Waals surface area (Å²) in [4.78, 5) is 16.7. The molecule has 0 saturated carbocycles. The molecule has 1 aliphatic rings. The third-order valence-electron chi connectivity index (χ3n) is 4.74. The fourth-order valence-corrected chi connectivity index (χ4v) is 3.22. The number of hydrogen-bond acceptors (Lipinski definition) is 5. The van der Waals surface area contributed by atoms with E-state index in [-0.39, 0.29) is 5.56 Å². The quantitative estimate of drug-likeness (QED) is 0.757. The zero-order valence-corrected chi connectivity index (χ0v) is 15.3. The number of carbonyl (C=O) groups excluding carboxylic acids is 1. The molecule has 1 aromatic heterocycles. The van der Waals surface area contributed by atoms with Gasteiger partial charge in [-0.3, -0.25) is 4.79 Å². The topological polar surface area (TPSA) is 61.4 Å². The van der Waals surface area contributed by atoms with E-state index in [0.717, 1.165) is 32.0 Å². The van der Waals surface area contributed by atoms with Gasteiger partial charge in [0.25, 0.3) is 5.91 Å². The van der Waals surface area contributed by atoms with Gasteiger partial charge in [-0.2, -0.15) is 0 Å². The lowest BCUT2D eigenvalue weighted by Gasteiger charge is -2.36. The SMILES string of the molecule is O=C(Nc1ccc(N2CCN(c3ccccc3)CC2)nn1)c1ccccc1F. The number of para-hydroxylation sites is 1. The van der Waals surface area contributed by atoms with Gasteiger partial charge < -0.3 is 15.1 Å². The third kappa shape index (κ3) is 3.93. The first-order valence-electron chi connectivity index (χ1n) is 9.15. The second kappa shape index (κ2) is 8.04. The number of aromatic nitrogens is 2. The molecular formula is C21H20FN5O. The minimum Gasteiger partial charge on any atom is -0.368 e. The van der Waals surface area contributed by atoms with Crippen LogP contribution in [0.1, 0.15) is 10.4 Å². The van der Waals surface area contributed by atoms with Crippen LogP contribution in [0.5, 0.6) is 0 Å². The Bertz CT molecular complexity index is 941. The minimum absolute atomic E-state index is 0.0228. The van der Waals surface area contributed by atoms with Crippen molar-refractivity contribution in [3.63, 3.8) is 0 Å². The average Bonchev–Trinajstić information content (AvgIpc) is 2.75. The molecule has 4 rings (SSSR count). The molecule has 0 atom stereocenters. The Balaban J connectivity index is 1.36. The van der Waals surface area contributed by atoms with Crippen LogP contribution in [0.3, 0.4) is 0 Å². The number of anilines is 3. The molecule has 7 heteroatoms. The van der Waals surface area contributed by atoms with Crippen LogP contribution in [0.15, 0.2) is 66.7 Å². The Hall–Kier alpha value is -3.48. The highest BCUT2D eigenvalue weighted by Crippen LogP contribution is 2.19. The van der Waals surface area contributed by atoms with Crippen molar-refractivity contribution in [2.24, 2.45) is 0 Å². The maximum Gasteiger partial charge on any atom is 0.259 e. The molecule has 2 heterocycles. The van der Waals surface area contributed by atoms with E-state index in [4.69, 9.17) is 0 Å². The second-order valence-electron chi connectivity index (χ2n) is 6.52. The van der Waals surface area contributed by atoms with Gasteiger partial charge >= 0.3 is 0 Å². The first-order chi connectivity index (χ1) is 13.7. The van der Waals surface area contributed by atoms with E-state index in [1.54, 1.807) is 12.1 Å². The molecule has 1 saturated heterocycles. The van der Waals surface area contributed by atoms with Crippen molar-refractivity contribution in [1.82, 2.24) is 10.2 Å². The largest absolute Gasteiger partial charge is 0.368 e. The summed E-state index contributed by atoms with van der Waals surface area (Å²) in [5.74, 6) is -0.0611. The standard InChI is InChI=1S/C21H20FN5O/c22-18-9-5-4-8-17(18)21(28)23-19-10-11-20(25-24-19)27-14-12-26(13-15-27)16-6-2-1-3-7-16/h1-11H,12-15H2,(H,23,24,28). The molecule has 0 radical (unpaired) electrons. The van der Waals surface area contributed by atoms with Gasteiger partial charge in [0, 0.05) is 31.9 Å². The molecule has 1 amide bonds. The number of carbonyl (C=O) groups is 1. The van der Waals surface area contributed by atoms with E-state index in [0.29, 0.717) is 5.82 Å². The number of halogens is 1. The number of nitrogens with zero attached hydrogens (tertiary/aromatic N) is 4. The first-order valence-corrected chi connectivity index (χ1v) is 9.15. The minimum atomic E-state index is -0.569. The van der Waals surface area contributed by atoms with Gasteiger partial charge in [0.05, 0.1) is 5.56 Å². The van der Waals surface area contributed by atoms with Crippen molar-refractivity contribution < 1.29 is 9.18 Å². The fourth-order valence-electron chi connectivity index (χ4n) is 3.22. The smallest absolute Gasteiger partial charge is 0.259 e. The van der Waals surface area contributed by atoms with Gasteiger partial charge in [0.2, 0.25) is 0 Å². The summed E-state index contributed by atoms with van der Waals surface area (Å²) >= 11 is 0. The van der Waals surface area contributed by atoms with Crippen LogP contribution in [-0.2, 0) is 0 Å². The monoisotopic (exact) mass is 377 g/mol. The first kappa shape index (κ1) is 17.9. The van der Waals surface area contributed by atoms with Gasteiger partial charge in [0.1, 0.15) is 5.82 Å². The summed E-state index contributed by atoms with van der Waals surface area (Å²) in [6.45, 7) is 3.48. The highest BCUT2D eigenvalue weighted by molar-refractivity contribution is 6.03. The summed E-state index contributed by atoms with van der Waals surface area (Å²) < 4.78 is 13.7. The van der Waals surface area contributed by atoms with E-state index in [2.05, 4.69) is 37.4 Å². The van der Waals surface area contributed by atoms with Crippen molar-refractivity contribution in [3.05, 3.63) is 78.1 Å². The van der Waals surface area contributed by atoms with Gasteiger partial charge in [0.15, 0.2) is 11.6 Å². The number of nitrogens with one attached hydrogen (secondary N) is 1. The van der Waals surface area contributed by atoms with Crippen LogP contribution in [0.2, 0.25) is 0 Å². The summed E-state index contributed by atoms with van der Waals surface area (Å²) in [5, 5.41) is 10.9. The van der Waals surface area contributed by atoms with Crippen molar-refractivity contribution in [1.29, 1.82) is 0 Å². The number of rotatable bonds is 4. The van der Waals surface area contributed by atoms with Gasteiger partial charge in [-0.1, -0.05) is 30.3 Å². The van der Waals surface area contributed by atoms with Crippen LogP contribution < -0.4 is 15.1 Å². The van der Waals surface area contributed by atoms with E-state index >= 15 is 0 Å². The molecule has 6 nitrogen and oxygen atoms in total. The Kier molecular flexibility index (Phi) is 5.14. The molecule has 142 valence electrons. The van der Waals surface area contributed by atoms with Crippen molar-refractivity contribution >= 4 is 23.2 Å². The fraction of sp³-hybridized carbons (Fsp3) is 0.190. The number of benzene rings is 2. The van der Waals surface area contributed by atoms with Crippen LogP contribution in [0, 0.1) is 5.82 Å². The Morgan fingerprint density at radius 1 is 0.821 bits per heavy atom. The van der Waals surface area contributed by atoms with Crippen molar-refractivity contribution in [2.45, 2.75) is 0 Å². The maximum atomic E-state index is 13.7. The lowest BCUT2D eigenvalue weighted by atomic mass is 10.2. The molecule has 28 heavy (non-hydrogen) atoms. The van der Waals surface area contributed by atoms with Crippen LogP contribution >= 0.6 is 0 Å². The van der Waals surface area contributed by atoms with E-state index in [1.807, 2.05) is 24.3 Å². The molecule has 1 N–H and O–H groups in total. The molecule has 2 aromatic carbocycles. The molecular weight excluding hydrogens is 357 g/mol. The summed E-state index contributed by atoms with van der Waals surface area (Å²) in [6, 6.07) is 19.7. The molecule has 1 fully saturated rings. The zero-order chi connectivity index (χ0) is 19.3. The average molecular weight is 377 g/mol. The molecule has 1 aliphatic heterocycles. The maximum absolute atomic E-state index is 13.7. The summed E-state index contributed by atoms with van der Waals surface area (Å²) in [6.07, 6.45) is 0. The van der Waals surface area contributed by atoms with Crippen LogP contribution in [0.4, 0.5) is 21.7 Å². The lowest BCUT2D eigenvalue weighted by Crippen LogP contribution is -2.46. The second-order valence-corrected chi connectivity index (χ2v) is 6.52. The Morgan fingerprint density at radius 3 is 2.18 bits per heavy atom. The van der Waals surface area contributed by atoms with Gasteiger partial charge in [-0.25, -0.2) is 4.39 Å². The number of amides is 1. The normalized spacial score (nSPS) is 14.0.